The molecular weight excluding hydrogens is 250 g/mol. The molecule has 1 rings (SSSR count). The second-order valence-electron chi connectivity index (χ2n) is 4.79. The van der Waals surface area contributed by atoms with E-state index in [-0.39, 0.29) is 5.91 Å². The summed E-state index contributed by atoms with van der Waals surface area (Å²) in [6.07, 6.45) is 0.871. The SMILES string of the molecule is CCN(CC)CCNC(=O)c1ccccc1CCNC. The molecule has 1 aromatic rings. The molecule has 0 saturated heterocycles. The third kappa shape index (κ3) is 5.31. The van der Waals surface area contributed by atoms with E-state index in [0.29, 0.717) is 6.54 Å². The number of nitrogens with one attached hydrogen (secondary N) is 2. The highest BCUT2D eigenvalue weighted by molar-refractivity contribution is 5.95. The number of hydrogen-bond donors (Lipinski definition) is 2. The van der Waals surface area contributed by atoms with Gasteiger partial charge in [-0.1, -0.05) is 32.0 Å². The molecule has 1 amide bonds. The van der Waals surface area contributed by atoms with E-state index in [2.05, 4.69) is 29.4 Å². The standard InChI is InChI=1S/C16H27N3O/c1-4-19(5-2)13-12-18-16(20)15-9-7-6-8-14(15)10-11-17-3/h6-9,17H,4-5,10-13H2,1-3H3,(H,18,20). The fourth-order valence-electron chi connectivity index (χ4n) is 2.18. The molecule has 1 aromatic carbocycles. The van der Waals surface area contributed by atoms with Crippen LogP contribution in [0.15, 0.2) is 24.3 Å². The van der Waals surface area contributed by atoms with Crippen molar-refractivity contribution in [3.05, 3.63) is 35.4 Å². The van der Waals surface area contributed by atoms with Gasteiger partial charge in [-0.15, -0.1) is 0 Å². The van der Waals surface area contributed by atoms with Crippen LogP contribution in [0.3, 0.4) is 0 Å². The fourth-order valence-corrected chi connectivity index (χ4v) is 2.18. The van der Waals surface area contributed by atoms with E-state index in [1.54, 1.807) is 0 Å². The van der Waals surface area contributed by atoms with Crippen LogP contribution in [0.25, 0.3) is 0 Å². The van der Waals surface area contributed by atoms with Gasteiger partial charge >= 0.3 is 0 Å². The Hall–Kier alpha value is -1.39. The first-order valence-corrected chi connectivity index (χ1v) is 7.46. The van der Waals surface area contributed by atoms with Gasteiger partial charge in [0.2, 0.25) is 0 Å². The Kier molecular flexibility index (Phi) is 7.92. The van der Waals surface area contributed by atoms with Crippen LogP contribution in [-0.4, -0.2) is 50.6 Å². The zero-order chi connectivity index (χ0) is 14.8. The lowest BCUT2D eigenvalue weighted by atomic mass is 10.0. The van der Waals surface area contributed by atoms with Crippen LogP contribution < -0.4 is 10.6 Å². The molecule has 0 heterocycles. The Bertz CT molecular complexity index is 402. The van der Waals surface area contributed by atoms with Crippen LogP contribution in [0.2, 0.25) is 0 Å². The van der Waals surface area contributed by atoms with Crippen LogP contribution in [0.5, 0.6) is 0 Å². The van der Waals surface area contributed by atoms with Gasteiger partial charge in [-0.25, -0.2) is 0 Å². The van der Waals surface area contributed by atoms with E-state index in [9.17, 15) is 4.79 Å². The minimum atomic E-state index is 0.0314. The summed E-state index contributed by atoms with van der Waals surface area (Å²) < 4.78 is 0. The summed E-state index contributed by atoms with van der Waals surface area (Å²) >= 11 is 0. The van der Waals surface area contributed by atoms with Gasteiger partial charge in [0.05, 0.1) is 0 Å². The van der Waals surface area contributed by atoms with Crippen molar-refractivity contribution in [1.82, 2.24) is 15.5 Å². The zero-order valence-electron chi connectivity index (χ0n) is 12.9. The lowest BCUT2D eigenvalue weighted by Gasteiger charge is -2.18. The van der Waals surface area contributed by atoms with Gasteiger partial charge in [-0.05, 0) is 44.7 Å². The zero-order valence-corrected chi connectivity index (χ0v) is 12.9. The van der Waals surface area contributed by atoms with Gasteiger partial charge in [-0.2, -0.15) is 0 Å². The summed E-state index contributed by atoms with van der Waals surface area (Å²) in [5, 5.41) is 6.13. The van der Waals surface area contributed by atoms with Crippen LogP contribution >= 0.6 is 0 Å². The van der Waals surface area contributed by atoms with Crippen molar-refractivity contribution in [3.63, 3.8) is 0 Å². The maximum Gasteiger partial charge on any atom is 0.251 e. The Morgan fingerprint density at radius 1 is 1.15 bits per heavy atom. The molecule has 0 aliphatic carbocycles. The highest BCUT2D eigenvalue weighted by Crippen LogP contribution is 2.09. The van der Waals surface area contributed by atoms with Crippen LogP contribution in [-0.2, 0) is 6.42 Å². The van der Waals surface area contributed by atoms with E-state index in [1.807, 2.05) is 31.3 Å². The number of amides is 1. The van der Waals surface area contributed by atoms with Gasteiger partial charge in [0.25, 0.3) is 5.91 Å². The summed E-state index contributed by atoms with van der Waals surface area (Å²) in [5.74, 6) is 0.0314. The maximum absolute atomic E-state index is 12.2. The van der Waals surface area contributed by atoms with E-state index >= 15 is 0 Å². The molecule has 0 spiro atoms. The molecule has 0 radical (unpaired) electrons. The largest absolute Gasteiger partial charge is 0.351 e. The maximum atomic E-state index is 12.2. The van der Waals surface area contributed by atoms with Crippen molar-refractivity contribution in [2.24, 2.45) is 0 Å². The van der Waals surface area contributed by atoms with Crippen molar-refractivity contribution in [3.8, 4) is 0 Å². The molecule has 4 heteroatoms. The number of carbonyl (C=O) groups excluding carboxylic acids is 1. The molecule has 0 aliphatic heterocycles. The fraction of sp³-hybridized carbons (Fsp3) is 0.562. The first kappa shape index (κ1) is 16.7. The Labute approximate surface area is 122 Å². The van der Waals surface area contributed by atoms with E-state index in [1.165, 1.54) is 0 Å². The van der Waals surface area contributed by atoms with Gasteiger partial charge in [0, 0.05) is 18.7 Å². The average Bonchev–Trinajstić information content (AvgIpc) is 2.49. The van der Waals surface area contributed by atoms with Crippen molar-refractivity contribution in [2.45, 2.75) is 20.3 Å². The molecule has 0 aromatic heterocycles. The smallest absolute Gasteiger partial charge is 0.251 e. The average molecular weight is 277 g/mol. The molecule has 112 valence electrons. The topological polar surface area (TPSA) is 44.4 Å². The Morgan fingerprint density at radius 2 is 1.85 bits per heavy atom. The molecule has 20 heavy (non-hydrogen) atoms. The Balaban J connectivity index is 2.54. The van der Waals surface area contributed by atoms with Crippen LogP contribution in [0.4, 0.5) is 0 Å². The summed E-state index contributed by atoms with van der Waals surface area (Å²) in [6.45, 7) is 8.79. The first-order chi connectivity index (χ1) is 9.72. The lowest BCUT2D eigenvalue weighted by molar-refractivity contribution is 0.0948. The van der Waals surface area contributed by atoms with Crippen LogP contribution in [0.1, 0.15) is 29.8 Å². The van der Waals surface area contributed by atoms with E-state index < -0.39 is 0 Å². The van der Waals surface area contributed by atoms with Gasteiger partial charge in [0.1, 0.15) is 0 Å². The summed E-state index contributed by atoms with van der Waals surface area (Å²) in [6, 6.07) is 7.83. The predicted octanol–water partition coefficient (Wildman–Crippen LogP) is 1.52. The summed E-state index contributed by atoms with van der Waals surface area (Å²) in [7, 11) is 1.92. The minimum absolute atomic E-state index is 0.0314. The Morgan fingerprint density at radius 3 is 2.50 bits per heavy atom. The lowest BCUT2D eigenvalue weighted by Crippen LogP contribution is -2.35. The number of nitrogens with zero attached hydrogens (tertiary/aromatic N) is 1. The molecule has 0 atom stereocenters. The van der Waals surface area contributed by atoms with Gasteiger partial charge in [-0.3, -0.25) is 4.79 Å². The second-order valence-corrected chi connectivity index (χ2v) is 4.79. The number of rotatable bonds is 9. The highest BCUT2D eigenvalue weighted by atomic mass is 16.1. The monoisotopic (exact) mass is 277 g/mol. The first-order valence-electron chi connectivity index (χ1n) is 7.46. The molecule has 0 unspecified atom stereocenters. The number of hydrogen-bond acceptors (Lipinski definition) is 3. The second kappa shape index (κ2) is 9.50. The van der Waals surface area contributed by atoms with Gasteiger partial charge < -0.3 is 15.5 Å². The van der Waals surface area contributed by atoms with Crippen LogP contribution in [0, 0.1) is 0 Å². The van der Waals surface area contributed by atoms with Crippen molar-refractivity contribution in [1.29, 1.82) is 0 Å². The number of likely N-dealkylation sites (N-methyl/N-ethyl adjacent to an activating group) is 2. The number of carbonyl (C=O) groups is 1. The molecule has 0 saturated carbocycles. The summed E-state index contributed by atoms with van der Waals surface area (Å²) in [5.41, 5.74) is 1.89. The highest BCUT2D eigenvalue weighted by Gasteiger charge is 2.10. The third-order valence-electron chi connectivity index (χ3n) is 3.51. The molecule has 2 N–H and O–H groups in total. The molecule has 0 aliphatic rings. The molecule has 0 fully saturated rings. The quantitative estimate of drug-likeness (QED) is 0.719. The van der Waals surface area contributed by atoms with Crippen molar-refractivity contribution < 1.29 is 4.79 Å². The van der Waals surface area contributed by atoms with Crippen molar-refractivity contribution >= 4 is 5.91 Å². The van der Waals surface area contributed by atoms with Gasteiger partial charge in [0.15, 0.2) is 0 Å². The molecule has 4 nitrogen and oxygen atoms in total. The van der Waals surface area contributed by atoms with Crippen molar-refractivity contribution in [2.75, 3.05) is 39.8 Å². The molecular formula is C16H27N3O. The van der Waals surface area contributed by atoms with E-state index in [4.69, 9.17) is 0 Å². The minimum Gasteiger partial charge on any atom is -0.351 e. The van der Waals surface area contributed by atoms with E-state index in [0.717, 1.165) is 43.7 Å². The third-order valence-corrected chi connectivity index (χ3v) is 3.51. The normalized spacial score (nSPS) is 10.8. The molecule has 0 bridgehead atoms. The summed E-state index contributed by atoms with van der Waals surface area (Å²) in [4.78, 5) is 14.5. The predicted molar refractivity (Wildman–Crippen MR) is 84.2 cm³/mol. The number of benzene rings is 1.